The van der Waals surface area contributed by atoms with E-state index in [1.807, 2.05) is 6.92 Å². The van der Waals surface area contributed by atoms with Crippen LogP contribution in [0, 0.1) is 18.7 Å². The van der Waals surface area contributed by atoms with Crippen molar-refractivity contribution in [3.63, 3.8) is 0 Å². The van der Waals surface area contributed by atoms with E-state index < -0.39 is 15.8 Å². The highest BCUT2D eigenvalue weighted by molar-refractivity contribution is 7.89. The van der Waals surface area contributed by atoms with Gasteiger partial charge in [-0.2, -0.15) is 9.40 Å². The Balaban J connectivity index is 1.76. The lowest BCUT2D eigenvalue weighted by Crippen LogP contribution is -2.40. The van der Waals surface area contributed by atoms with Gasteiger partial charge in [-0.3, -0.25) is 5.10 Å². The van der Waals surface area contributed by atoms with Crippen molar-refractivity contribution in [3.05, 3.63) is 47.5 Å². The van der Waals surface area contributed by atoms with E-state index in [2.05, 4.69) is 10.2 Å². The van der Waals surface area contributed by atoms with Gasteiger partial charge in [0.15, 0.2) is 0 Å². The van der Waals surface area contributed by atoms with Gasteiger partial charge in [0.05, 0.1) is 11.1 Å². The standard InChI is InChI=1S/C16H20FN3O2S/c1-12-10-18-19-16(12)8-13-4-3-7-20(11-13)23(21,22)15-6-2-5-14(17)9-15/h2,5-6,9-10,13H,3-4,7-8,11H2,1H3,(H,18,19)/t13-/m0/s1. The van der Waals surface area contributed by atoms with E-state index in [4.69, 9.17) is 0 Å². The minimum absolute atomic E-state index is 0.0240. The van der Waals surface area contributed by atoms with Crippen LogP contribution in [0.4, 0.5) is 4.39 Å². The van der Waals surface area contributed by atoms with Gasteiger partial charge in [0.1, 0.15) is 5.82 Å². The number of rotatable bonds is 4. The number of H-pyrrole nitrogens is 1. The Labute approximate surface area is 135 Å². The van der Waals surface area contributed by atoms with Crippen LogP contribution in [0.25, 0.3) is 0 Å². The molecule has 1 saturated heterocycles. The highest BCUT2D eigenvalue weighted by Crippen LogP contribution is 2.26. The van der Waals surface area contributed by atoms with Crippen LogP contribution in [0.5, 0.6) is 0 Å². The smallest absolute Gasteiger partial charge is 0.243 e. The minimum atomic E-state index is -3.64. The molecule has 0 bridgehead atoms. The Kier molecular flexibility index (Phi) is 4.50. The van der Waals surface area contributed by atoms with E-state index >= 15 is 0 Å². The molecule has 1 atom stereocenters. The molecule has 0 radical (unpaired) electrons. The van der Waals surface area contributed by atoms with Gasteiger partial charge in [-0.05, 0) is 55.9 Å². The first-order valence-corrected chi connectivity index (χ1v) is 9.15. The van der Waals surface area contributed by atoms with Gasteiger partial charge in [-0.15, -0.1) is 0 Å². The first-order valence-electron chi connectivity index (χ1n) is 7.71. The predicted molar refractivity (Wildman–Crippen MR) is 84.9 cm³/mol. The number of hydrogen-bond donors (Lipinski definition) is 1. The first-order chi connectivity index (χ1) is 11.0. The van der Waals surface area contributed by atoms with Gasteiger partial charge in [0.2, 0.25) is 10.0 Å². The zero-order valence-electron chi connectivity index (χ0n) is 13.0. The molecule has 0 saturated carbocycles. The highest BCUT2D eigenvalue weighted by Gasteiger charge is 2.30. The van der Waals surface area contributed by atoms with E-state index in [1.165, 1.54) is 22.5 Å². The summed E-state index contributed by atoms with van der Waals surface area (Å²) in [4.78, 5) is 0.0240. The van der Waals surface area contributed by atoms with Gasteiger partial charge in [0.25, 0.3) is 0 Å². The van der Waals surface area contributed by atoms with Crippen molar-refractivity contribution in [1.82, 2.24) is 14.5 Å². The summed E-state index contributed by atoms with van der Waals surface area (Å²) in [5, 5.41) is 6.99. The van der Waals surface area contributed by atoms with Crippen molar-refractivity contribution >= 4 is 10.0 Å². The number of aryl methyl sites for hydroxylation is 1. The van der Waals surface area contributed by atoms with Crippen molar-refractivity contribution in [1.29, 1.82) is 0 Å². The van der Waals surface area contributed by atoms with Crippen molar-refractivity contribution < 1.29 is 12.8 Å². The number of nitrogens with one attached hydrogen (secondary N) is 1. The normalized spacial score (nSPS) is 19.8. The number of aromatic nitrogens is 2. The van der Waals surface area contributed by atoms with Gasteiger partial charge >= 0.3 is 0 Å². The summed E-state index contributed by atoms with van der Waals surface area (Å²) in [7, 11) is -3.64. The van der Waals surface area contributed by atoms with Crippen molar-refractivity contribution in [2.75, 3.05) is 13.1 Å². The predicted octanol–water partition coefficient (Wildman–Crippen LogP) is 2.50. The van der Waals surface area contributed by atoms with Crippen LogP contribution >= 0.6 is 0 Å². The van der Waals surface area contributed by atoms with Crippen LogP contribution in [0.15, 0.2) is 35.4 Å². The van der Waals surface area contributed by atoms with Gasteiger partial charge in [-0.1, -0.05) is 6.07 Å². The number of benzene rings is 1. The summed E-state index contributed by atoms with van der Waals surface area (Å²) >= 11 is 0. The van der Waals surface area contributed by atoms with E-state index in [0.29, 0.717) is 13.1 Å². The molecule has 1 aromatic heterocycles. The second-order valence-corrected chi connectivity index (χ2v) is 8.00. The molecule has 1 fully saturated rings. The molecule has 2 heterocycles. The van der Waals surface area contributed by atoms with Crippen LogP contribution in [0.2, 0.25) is 0 Å². The van der Waals surface area contributed by atoms with E-state index in [-0.39, 0.29) is 10.8 Å². The topological polar surface area (TPSA) is 66.1 Å². The third-order valence-corrected chi connectivity index (χ3v) is 6.20. The second-order valence-electron chi connectivity index (χ2n) is 6.06. The Morgan fingerprint density at radius 3 is 2.96 bits per heavy atom. The molecule has 0 amide bonds. The lowest BCUT2D eigenvalue weighted by molar-refractivity contribution is 0.264. The molecule has 2 aromatic rings. The molecule has 1 aliphatic heterocycles. The van der Waals surface area contributed by atoms with E-state index in [9.17, 15) is 12.8 Å². The average molecular weight is 337 g/mol. The van der Waals surface area contributed by atoms with Crippen LogP contribution in [-0.4, -0.2) is 36.0 Å². The van der Waals surface area contributed by atoms with Crippen molar-refractivity contribution in [2.24, 2.45) is 5.92 Å². The SMILES string of the molecule is Cc1cn[nH]c1C[C@@H]1CCCN(S(=O)(=O)c2cccc(F)c2)C1. The number of sulfonamides is 1. The monoisotopic (exact) mass is 337 g/mol. The fraction of sp³-hybridized carbons (Fsp3) is 0.438. The van der Waals surface area contributed by atoms with Crippen LogP contribution in [0.1, 0.15) is 24.1 Å². The van der Waals surface area contributed by atoms with Crippen molar-refractivity contribution in [3.8, 4) is 0 Å². The lowest BCUT2D eigenvalue weighted by Gasteiger charge is -2.31. The quantitative estimate of drug-likeness (QED) is 0.932. The molecule has 1 N–H and O–H groups in total. The fourth-order valence-corrected chi connectivity index (χ4v) is 4.64. The molecule has 0 spiro atoms. The number of nitrogens with zero attached hydrogens (tertiary/aromatic N) is 2. The van der Waals surface area contributed by atoms with Crippen molar-refractivity contribution in [2.45, 2.75) is 31.1 Å². The Hall–Kier alpha value is -1.73. The maximum absolute atomic E-state index is 13.3. The summed E-state index contributed by atoms with van der Waals surface area (Å²) in [5.41, 5.74) is 2.15. The molecule has 1 aliphatic rings. The zero-order valence-corrected chi connectivity index (χ0v) is 13.8. The van der Waals surface area contributed by atoms with Gasteiger partial charge in [-0.25, -0.2) is 12.8 Å². The third-order valence-electron chi connectivity index (χ3n) is 4.34. The number of aromatic amines is 1. The summed E-state index contributed by atoms with van der Waals surface area (Å²) < 4.78 is 40.2. The number of hydrogen-bond acceptors (Lipinski definition) is 3. The molecular weight excluding hydrogens is 317 g/mol. The summed E-state index contributed by atoms with van der Waals surface area (Å²) in [6, 6.07) is 5.20. The van der Waals surface area contributed by atoms with Gasteiger partial charge < -0.3 is 0 Å². The number of halogens is 1. The molecule has 23 heavy (non-hydrogen) atoms. The van der Waals surface area contributed by atoms with E-state index in [1.54, 1.807) is 6.20 Å². The van der Waals surface area contributed by atoms with E-state index in [0.717, 1.165) is 36.6 Å². The summed E-state index contributed by atoms with van der Waals surface area (Å²) in [6.07, 6.45) is 4.35. The number of piperidine rings is 1. The first kappa shape index (κ1) is 16.1. The zero-order chi connectivity index (χ0) is 16.4. The highest BCUT2D eigenvalue weighted by atomic mass is 32.2. The second kappa shape index (κ2) is 6.41. The summed E-state index contributed by atoms with van der Waals surface area (Å²) in [6.45, 7) is 2.93. The van der Waals surface area contributed by atoms with Crippen LogP contribution in [-0.2, 0) is 16.4 Å². The molecule has 124 valence electrons. The average Bonchev–Trinajstić information content (AvgIpc) is 2.93. The molecule has 7 heteroatoms. The summed E-state index contributed by atoms with van der Waals surface area (Å²) in [5.74, 6) is -0.293. The molecule has 5 nitrogen and oxygen atoms in total. The minimum Gasteiger partial charge on any atom is -0.282 e. The fourth-order valence-electron chi connectivity index (χ4n) is 3.06. The molecular formula is C16H20FN3O2S. The van der Waals surface area contributed by atoms with Crippen LogP contribution in [0.3, 0.4) is 0 Å². The molecule has 1 aromatic carbocycles. The molecule has 3 rings (SSSR count). The molecule has 0 aliphatic carbocycles. The Morgan fingerprint density at radius 1 is 1.43 bits per heavy atom. The lowest BCUT2D eigenvalue weighted by atomic mass is 9.94. The Morgan fingerprint density at radius 2 is 2.26 bits per heavy atom. The Bertz CT molecular complexity index is 788. The maximum Gasteiger partial charge on any atom is 0.243 e. The van der Waals surface area contributed by atoms with Crippen LogP contribution < -0.4 is 0 Å². The van der Waals surface area contributed by atoms with Gasteiger partial charge in [0, 0.05) is 18.8 Å². The largest absolute Gasteiger partial charge is 0.282 e. The third kappa shape index (κ3) is 3.45. The maximum atomic E-state index is 13.3. The molecule has 0 unspecified atom stereocenters.